The Balaban J connectivity index is 3.18. The largest absolute Gasteiger partial charge is 0.461 e. The highest BCUT2D eigenvalue weighted by Gasteiger charge is 2.42. The Morgan fingerprint density at radius 3 is 2.38 bits per heavy atom. The van der Waals surface area contributed by atoms with Crippen LogP contribution >= 0.6 is 15.9 Å². The summed E-state index contributed by atoms with van der Waals surface area (Å²) >= 11 is 2.51. The van der Waals surface area contributed by atoms with Crippen molar-refractivity contribution in [3.05, 3.63) is 26.5 Å². The monoisotopic (exact) mass is 259 g/mol. The van der Waals surface area contributed by atoms with Crippen LogP contribution in [0.25, 0.3) is 0 Å². The SMILES string of the molecule is O=[N+]([O-])n1cc(Br)c(C(F)(F)F)n1. The van der Waals surface area contributed by atoms with Crippen LogP contribution in [0.2, 0.25) is 0 Å². The molecule has 0 bridgehead atoms. The molecule has 0 radical (unpaired) electrons. The first-order valence-corrected chi connectivity index (χ1v) is 3.58. The van der Waals surface area contributed by atoms with Crippen LogP contribution in [0.5, 0.6) is 0 Å². The second-order valence-corrected chi connectivity index (χ2v) is 2.84. The molecule has 0 spiro atoms. The average molecular weight is 260 g/mol. The maximum Gasteiger partial charge on any atom is 0.461 e. The number of halogens is 4. The van der Waals surface area contributed by atoms with Crippen molar-refractivity contribution >= 4 is 15.9 Å². The van der Waals surface area contributed by atoms with Crippen molar-refractivity contribution in [2.24, 2.45) is 0 Å². The van der Waals surface area contributed by atoms with E-state index in [4.69, 9.17) is 0 Å². The molecule has 1 rings (SSSR count). The van der Waals surface area contributed by atoms with E-state index in [-0.39, 0.29) is 4.79 Å². The van der Waals surface area contributed by atoms with E-state index in [1.165, 1.54) is 0 Å². The lowest BCUT2D eigenvalue weighted by molar-refractivity contribution is -0.553. The van der Waals surface area contributed by atoms with Gasteiger partial charge in [0.05, 0.1) is 10.1 Å². The fourth-order valence-corrected chi connectivity index (χ4v) is 1.10. The number of nitrogens with zero attached hydrogens (tertiary/aromatic N) is 3. The van der Waals surface area contributed by atoms with Gasteiger partial charge in [-0.05, 0) is 15.9 Å². The van der Waals surface area contributed by atoms with E-state index in [9.17, 15) is 23.3 Å². The fourth-order valence-electron chi connectivity index (χ4n) is 0.617. The van der Waals surface area contributed by atoms with Gasteiger partial charge >= 0.3 is 6.18 Å². The molecule has 0 N–H and O–H groups in total. The third-order valence-electron chi connectivity index (χ3n) is 1.09. The summed E-state index contributed by atoms with van der Waals surface area (Å²) in [5.41, 5.74) is -1.32. The summed E-state index contributed by atoms with van der Waals surface area (Å²) in [6.07, 6.45) is -4.07. The molecule has 9 heteroatoms. The van der Waals surface area contributed by atoms with Gasteiger partial charge in [0.15, 0.2) is 0 Å². The second kappa shape index (κ2) is 2.98. The number of hydrogen-bond donors (Lipinski definition) is 0. The van der Waals surface area contributed by atoms with Gasteiger partial charge in [0.2, 0.25) is 0 Å². The highest BCUT2D eigenvalue weighted by molar-refractivity contribution is 9.10. The number of alkyl halides is 3. The van der Waals surface area contributed by atoms with E-state index in [1.807, 2.05) is 0 Å². The van der Waals surface area contributed by atoms with Gasteiger partial charge in [-0.2, -0.15) is 13.2 Å². The normalized spacial score (nSPS) is 11.7. The molecule has 13 heavy (non-hydrogen) atoms. The summed E-state index contributed by atoms with van der Waals surface area (Å²) < 4.78 is 35.5. The minimum absolute atomic E-state index is 0.00704. The fraction of sp³-hybridized carbons (Fsp3) is 0.250. The zero-order chi connectivity index (χ0) is 10.2. The topological polar surface area (TPSA) is 61.0 Å². The highest BCUT2D eigenvalue weighted by atomic mass is 79.9. The zero-order valence-electron chi connectivity index (χ0n) is 5.75. The molecule has 0 amide bonds. The lowest BCUT2D eigenvalue weighted by atomic mass is 10.4. The first-order valence-electron chi connectivity index (χ1n) is 2.79. The number of nitro groups is 1. The first kappa shape index (κ1) is 9.96. The van der Waals surface area contributed by atoms with Gasteiger partial charge in [-0.3, -0.25) is 0 Å². The number of rotatable bonds is 1. The van der Waals surface area contributed by atoms with Crippen molar-refractivity contribution in [3.63, 3.8) is 0 Å². The van der Waals surface area contributed by atoms with Crippen LogP contribution in [0.15, 0.2) is 10.7 Å². The predicted molar refractivity (Wildman–Crippen MR) is 37.3 cm³/mol. The summed E-state index contributed by atoms with van der Waals surface area (Å²) in [5.74, 6) is 0. The zero-order valence-corrected chi connectivity index (χ0v) is 7.33. The standard InChI is InChI=1S/C4HBrF3N3O2/c5-2-1-10(11(12)13)9-3(2)4(6,7)8/h1H. The Morgan fingerprint density at radius 2 is 2.15 bits per heavy atom. The second-order valence-electron chi connectivity index (χ2n) is 1.98. The Labute approximate surface area is 77.4 Å². The lowest BCUT2D eigenvalue weighted by Gasteiger charge is -1.96. The minimum Gasteiger partial charge on any atom is -0.339 e. The summed E-state index contributed by atoms with van der Waals surface area (Å²) in [6, 6.07) is 0. The molecular weight excluding hydrogens is 259 g/mol. The molecule has 1 heterocycles. The summed E-state index contributed by atoms with van der Waals surface area (Å²) in [6.45, 7) is 0. The molecule has 1 aromatic rings. The van der Waals surface area contributed by atoms with E-state index in [2.05, 4.69) is 21.0 Å². The van der Waals surface area contributed by atoms with Crippen molar-refractivity contribution < 1.29 is 18.2 Å². The maximum atomic E-state index is 12.0. The van der Waals surface area contributed by atoms with Crippen LogP contribution in [0.3, 0.4) is 0 Å². The van der Waals surface area contributed by atoms with Gasteiger partial charge in [-0.15, -0.1) is 0 Å². The molecule has 0 atom stereocenters. The molecule has 0 aromatic carbocycles. The molecule has 0 saturated carbocycles. The van der Waals surface area contributed by atoms with E-state index in [0.29, 0.717) is 6.20 Å². The molecule has 0 fully saturated rings. The van der Waals surface area contributed by atoms with Crippen molar-refractivity contribution in [2.75, 3.05) is 0 Å². The summed E-state index contributed by atoms with van der Waals surface area (Å²) in [7, 11) is 0. The van der Waals surface area contributed by atoms with Crippen LogP contribution in [0, 0.1) is 10.1 Å². The van der Waals surface area contributed by atoms with Gasteiger partial charge in [-0.25, -0.2) is 0 Å². The minimum atomic E-state index is -4.69. The van der Waals surface area contributed by atoms with E-state index < -0.39 is 21.4 Å². The van der Waals surface area contributed by atoms with Crippen molar-refractivity contribution in [1.82, 2.24) is 9.89 Å². The summed E-state index contributed by atoms with van der Waals surface area (Å²) in [4.78, 5) is 10.0. The third kappa shape index (κ3) is 1.97. The van der Waals surface area contributed by atoms with Gasteiger partial charge in [0, 0.05) is 4.79 Å². The van der Waals surface area contributed by atoms with E-state index >= 15 is 0 Å². The van der Waals surface area contributed by atoms with E-state index in [1.54, 1.807) is 0 Å². The summed E-state index contributed by atoms with van der Waals surface area (Å²) in [5, 5.41) is 11.7. The molecule has 0 saturated heterocycles. The van der Waals surface area contributed by atoms with Gasteiger partial charge in [-0.1, -0.05) is 0 Å². The first-order chi connectivity index (χ1) is 5.82. The molecule has 0 unspecified atom stereocenters. The van der Waals surface area contributed by atoms with Crippen molar-refractivity contribution in [2.45, 2.75) is 6.18 Å². The Bertz CT molecular complexity index is 347. The molecular formula is C4HBrF3N3O2. The van der Waals surface area contributed by atoms with Gasteiger partial charge in [0.25, 0.3) is 5.69 Å². The third-order valence-corrected chi connectivity index (χ3v) is 1.67. The van der Waals surface area contributed by atoms with Crippen molar-refractivity contribution in [1.29, 1.82) is 0 Å². The Hall–Kier alpha value is -1.12. The van der Waals surface area contributed by atoms with Crippen LogP contribution in [0.1, 0.15) is 5.69 Å². The van der Waals surface area contributed by atoms with Gasteiger partial charge < -0.3 is 10.1 Å². The average Bonchev–Trinajstić information content (AvgIpc) is 2.29. The molecule has 72 valence electrons. The maximum absolute atomic E-state index is 12.0. The number of aromatic nitrogens is 2. The van der Waals surface area contributed by atoms with Crippen molar-refractivity contribution in [3.8, 4) is 0 Å². The lowest BCUT2D eigenvalue weighted by Crippen LogP contribution is -2.12. The molecule has 5 nitrogen and oxygen atoms in total. The van der Waals surface area contributed by atoms with Gasteiger partial charge in [0.1, 0.15) is 10.7 Å². The smallest absolute Gasteiger partial charge is 0.339 e. The molecule has 0 aliphatic carbocycles. The quantitative estimate of drug-likeness (QED) is 0.570. The van der Waals surface area contributed by atoms with Crippen LogP contribution < -0.4 is 0 Å². The van der Waals surface area contributed by atoms with Crippen LogP contribution in [0.4, 0.5) is 13.2 Å². The Morgan fingerprint density at radius 1 is 1.62 bits per heavy atom. The Kier molecular flexibility index (Phi) is 2.28. The molecule has 0 aliphatic heterocycles. The molecule has 0 aliphatic rings. The number of hydrogen-bond acceptors (Lipinski definition) is 3. The van der Waals surface area contributed by atoms with E-state index in [0.717, 1.165) is 0 Å². The highest BCUT2D eigenvalue weighted by Crippen LogP contribution is 2.33. The van der Waals surface area contributed by atoms with Crippen LogP contribution in [-0.4, -0.2) is 14.9 Å². The van der Waals surface area contributed by atoms with Crippen LogP contribution in [-0.2, 0) is 6.18 Å². The molecule has 1 aromatic heterocycles. The predicted octanol–water partition coefficient (Wildman–Crippen LogP) is 1.70.